The van der Waals surface area contributed by atoms with Crippen LogP contribution in [0.2, 0.25) is 0 Å². The van der Waals surface area contributed by atoms with Crippen LogP contribution in [0.15, 0.2) is 23.4 Å². The highest BCUT2D eigenvalue weighted by Gasteiger charge is 2.20. The average Bonchev–Trinajstić information content (AvgIpc) is 2.49. The molecule has 0 aromatic carbocycles. The molecule has 1 heterocycles. The maximum atomic E-state index is 12.0. The number of rotatable bonds is 5. The van der Waals surface area contributed by atoms with E-state index in [2.05, 4.69) is 10.1 Å². The number of nitrogens with zero attached hydrogens (tertiary/aromatic N) is 2. The van der Waals surface area contributed by atoms with E-state index in [1.807, 2.05) is 0 Å². The highest BCUT2D eigenvalue weighted by atomic mass is 16.6. The van der Waals surface area contributed by atoms with Crippen LogP contribution in [0, 0.1) is 0 Å². The molecule has 0 spiro atoms. The van der Waals surface area contributed by atoms with Crippen molar-refractivity contribution in [1.82, 2.24) is 4.98 Å². The molecule has 2 N–H and O–H groups in total. The summed E-state index contributed by atoms with van der Waals surface area (Å²) in [6, 6.07) is 5.03. The second-order valence-corrected chi connectivity index (χ2v) is 4.97. The number of pyridine rings is 1. The van der Waals surface area contributed by atoms with Crippen LogP contribution in [0.4, 0.5) is 5.82 Å². The Balaban J connectivity index is 2.16. The summed E-state index contributed by atoms with van der Waals surface area (Å²) in [5, 5.41) is 4.00. The van der Waals surface area contributed by atoms with Gasteiger partial charge in [0.2, 0.25) is 5.71 Å². The van der Waals surface area contributed by atoms with Gasteiger partial charge in [-0.15, -0.1) is 0 Å². The summed E-state index contributed by atoms with van der Waals surface area (Å²) in [4.78, 5) is 21.6. The standard InChI is InChI=1S/C15H21N3O3/c1-2-20-15(19)14(12-9-6-10-13(16)17-12)18-21-11-7-4-3-5-8-11/h6,9-11H,2-5,7-8H2,1H3,(H2,16,17). The number of ether oxygens (including phenoxy) is 1. The van der Waals surface area contributed by atoms with Crippen LogP contribution >= 0.6 is 0 Å². The van der Waals surface area contributed by atoms with Gasteiger partial charge in [-0.3, -0.25) is 0 Å². The minimum absolute atomic E-state index is 0.0595. The molecule has 114 valence electrons. The van der Waals surface area contributed by atoms with Crippen molar-refractivity contribution in [2.75, 3.05) is 12.3 Å². The van der Waals surface area contributed by atoms with Crippen LogP contribution < -0.4 is 5.73 Å². The van der Waals surface area contributed by atoms with Crippen molar-refractivity contribution in [1.29, 1.82) is 0 Å². The lowest BCUT2D eigenvalue weighted by atomic mass is 9.98. The fraction of sp³-hybridized carbons (Fsp3) is 0.533. The zero-order valence-electron chi connectivity index (χ0n) is 12.2. The normalized spacial score (nSPS) is 16.5. The summed E-state index contributed by atoms with van der Waals surface area (Å²) < 4.78 is 5.01. The molecule has 6 heteroatoms. The maximum absolute atomic E-state index is 12.0. The molecule has 0 unspecified atom stereocenters. The van der Waals surface area contributed by atoms with Crippen molar-refractivity contribution >= 4 is 17.5 Å². The number of nitrogen functional groups attached to an aromatic ring is 1. The quantitative estimate of drug-likeness (QED) is 0.511. The summed E-state index contributed by atoms with van der Waals surface area (Å²) in [6.07, 6.45) is 5.47. The Labute approximate surface area is 124 Å². The Morgan fingerprint density at radius 2 is 2.14 bits per heavy atom. The number of esters is 1. The molecule has 21 heavy (non-hydrogen) atoms. The molecule has 6 nitrogen and oxygen atoms in total. The number of nitrogens with two attached hydrogens (primary N) is 1. The van der Waals surface area contributed by atoms with Crippen LogP contribution in [0.3, 0.4) is 0 Å². The second-order valence-electron chi connectivity index (χ2n) is 4.97. The summed E-state index contributed by atoms with van der Waals surface area (Å²) in [5.41, 5.74) is 6.08. The molecule has 0 aliphatic heterocycles. The van der Waals surface area contributed by atoms with E-state index in [-0.39, 0.29) is 18.4 Å². The van der Waals surface area contributed by atoms with E-state index < -0.39 is 5.97 Å². The van der Waals surface area contributed by atoms with Gasteiger partial charge >= 0.3 is 5.97 Å². The van der Waals surface area contributed by atoms with Gasteiger partial charge in [0, 0.05) is 0 Å². The first-order valence-electron chi connectivity index (χ1n) is 7.34. The van der Waals surface area contributed by atoms with Crippen LogP contribution in [0.5, 0.6) is 0 Å². The Morgan fingerprint density at radius 3 is 2.81 bits per heavy atom. The summed E-state index contributed by atoms with van der Waals surface area (Å²) in [5.74, 6) is -0.228. The molecule has 1 fully saturated rings. The molecule has 2 rings (SSSR count). The lowest BCUT2D eigenvalue weighted by Gasteiger charge is -2.19. The molecule has 1 aromatic heterocycles. The van der Waals surface area contributed by atoms with Crippen LogP contribution in [-0.2, 0) is 14.4 Å². The third-order valence-corrected chi connectivity index (χ3v) is 3.33. The fourth-order valence-electron chi connectivity index (χ4n) is 2.27. The van der Waals surface area contributed by atoms with E-state index in [1.54, 1.807) is 25.1 Å². The summed E-state index contributed by atoms with van der Waals surface area (Å²) in [7, 11) is 0. The maximum Gasteiger partial charge on any atom is 0.362 e. The first-order chi connectivity index (χ1) is 10.2. The fourth-order valence-corrected chi connectivity index (χ4v) is 2.27. The molecular weight excluding hydrogens is 270 g/mol. The largest absolute Gasteiger partial charge is 0.461 e. The van der Waals surface area contributed by atoms with Crippen molar-refractivity contribution < 1.29 is 14.4 Å². The molecule has 0 saturated heterocycles. The highest BCUT2D eigenvalue weighted by molar-refractivity contribution is 6.42. The smallest absolute Gasteiger partial charge is 0.362 e. The van der Waals surface area contributed by atoms with E-state index >= 15 is 0 Å². The molecule has 1 saturated carbocycles. The van der Waals surface area contributed by atoms with Gasteiger partial charge in [-0.2, -0.15) is 0 Å². The number of oxime groups is 1. The molecule has 0 amide bonds. The molecule has 1 aromatic rings. The molecular formula is C15H21N3O3. The van der Waals surface area contributed by atoms with Gasteiger partial charge in [-0.1, -0.05) is 17.6 Å². The lowest BCUT2D eigenvalue weighted by Crippen LogP contribution is -2.22. The Kier molecular flexibility index (Phi) is 5.54. The summed E-state index contributed by atoms with van der Waals surface area (Å²) in [6.45, 7) is 2.01. The lowest BCUT2D eigenvalue weighted by molar-refractivity contribution is -0.135. The van der Waals surface area contributed by atoms with E-state index in [4.69, 9.17) is 15.3 Å². The molecule has 0 bridgehead atoms. The van der Waals surface area contributed by atoms with Crippen LogP contribution in [0.1, 0.15) is 44.7 Å². The highest BCUT2D eigenvalue weighted by Crippen LogP contribution is 2.20. The molecule has 1 aliphatic carbocycles. The summed E-state index contributed by atoms with van der Waals surface area (Å²) >= 11 is 0. The van der Waals surface area contributed by atoms with Gasteiger partial charge in [0.05, 0.1) is 6.61 Å². The number of carbonyl (C=O) groups is 1. The first kappa shape index (κ1) is 15.3. The SMILES string of the molecule is CCOC(=O)C(=NOC1CCCCC1)c1cccc(N)n1. The van der Waals surface area contributed by atoms with Crippen molar-refractivity contribution in [2.24, 2.45) is 5.16 Å². The third kappa shape index (κ3) is 4.44. The topological polar surface area (TPSA) is 86.8 Å². The predicted molar refractivity (Wildman–Crippen MR) is 79.8 cm³/mol. The van der Waals surface area contributed by atoms with E-state index in [0.29, 0.717) is 11.5 Å². The average molecular weight is 291 g/mol. The molecule has 0 radical (unpaired) electrons. The van der Waals surface area contributed by atoms with E-state index in [0.717, 1.165) is 25.7 Å². The first-order valence-corrected chi connectivity index (χ1v) is 7.34. The zero-order valence-corrected chi connectivity index (χ0v) is 12.2. The van der Waals surface area contributed by atoms with Crippen molar-refractivity contribution in [3.8, 4) is 0 Å². The van der Waals surface area contributed by atoms with Crippen LogP contribution in [0.25, 0.3) is 0 Å². The molecule has 1 aliphatic rings. The van der Waals surface area contributed by atoms with E-state index in [9.17, 15) is 4.79 Å². The Bertz CT molecular complexity index is 511. The number of carbonyl (C=O) groups excluding carboxylic acids is 1. The minimum Gasteiger partial charge on any atom is -0.461 e. The number of aromatic nitrogens is 1. The van der Waals surface area contributed by atoms with Gasteiger partial charge in [0.25, 0.3) is 0 Å². The monoisotopic (exact) mass is 291 g/mol. The minimum atomic E-state index is -0.550. The number of hydrogen-bond acceptors (Lipinski definition) is 6. The van der Waals surface area contributed by atoms with Gasteiger partial charge in [0.15, 0.2) is 0 Å². The van der Waals surface area contributed by atoms with Crippen molar-refractivity contribution in [3.05, 3.63) is 23.9 Å². The van der Waals surface area contributed by atoms with Gasteiger partial charge in [-0.05, 0) is 44.7 Å². The van der Waals surface area contributed by atoms with Gasteiger partial charge < -0.3 is 15.3 Å². The van der Waals surface area contributed by atoms with Gasteiger partial charge in [-0.25, -0.2) is 9.78 Å². The zero-order chi connectivity index (χ0) is 15.1. The van der Waals surface area contributed by atoms with Crippen molar-refractivity contribution in [2.45, 2.75) is 45.1 Å². The Morgan fingerprint density at radius 1 is 1.38 bits per heavy atom. The predicted octanol–water partition coefficient (Wildman–Crippen LogP) is 2.28. The number of hydrogen-bond donors (Lipinski definition) is 1. The van der Waals surface area contributed by atoms with Crippen molar-refractivity contribution in [3.63, 3.8) is 0 Å². The van der Waals surface area contributed by atoms with E-state index in [1.165, 1.54) is 6.42 Å². The Hall–Kier alpha value is -2.11. The third-order valence-electron chi connectivity index (χ3n) is 3.33. The van der Waals surface area contributed by atoms with Gasteiger partial charge in [0.1, 0.15) is 17.6 Å². The van der Waals surface area contributed by atoms with Crippen LogP contribution in [-0.4, -0.2) is 29.4 Å². The second kappa shape index (κ2) is 7.61. The molecule has 0 atom stereocenters. The number of anilines is 1.